The van der Waals surface area contributed by atoms with Crippen LogP contribution in [0.2, 0.25) is 5.02 Å². The average Bonchev–Trinajstić information content (AvgIpc) is 2.49. The Labute approximate surface area is 138 Å². The minimum Gasteiger partial charge on any atom is -0.344 e. The molecule has 0 heterocycles. The van der Waals surface area contributed by atoms with Gasteiger partial charge in [-0.3, -0.25) is 9.59 Å². The quantitative estimate of drug-likeness (QED) is 0.846. The van der Waals surface area contributed by atoms with E-state index in [1.54, 1.807) is 25.1 Å². The predicted octanol–water partition coefficient (Wildman–Crippen LogP) is 3.35. The van der Waals surface area contributed by atoms with Crippen molar-refractivity contribution in [2.75, 3.05) is 5.32 Å². The molecule has 0 bridgehead atoms. The number of carbonyl (C=O) groups excluding carboxylic acids is 2. The van der Waals surface area contributed by atoms with Gasteiger partial charge >= 0.3 is 11.8 Å². The Morgan fingerprint density at radius 2 is 1.83 bits per heavy atom. The molecule has 0 aliphatic carbocycles. The van der Waals surface area contributed by atoms with Gasteiger partial charge in [0.25, 0.3) is 0 Å². The van der Waals surface area contributed by atoms with Crippen LogP contribution < -0.4 is 10.6 Å². The first-order valence-corrected chi connectivity index (χ1v) is 7.35. The van der Waals surface area contributed by atoms with Crippen LogP contribution in [0.3, 0.4) is 0 Å². The van der Waals surface area contributed by atoms with Gasteiger partial charge in [0.15, 0.2) is 0 Å². The standard InChI is InChI=1S/C17H16ClFN2O2/c1-10-7-11(2)15(13(18)8-10)21-17(23)16(22)20-9-12-5-3-4-6-14(12)19/h3-8H,9H2,1-2H3,(H,20,22)(H,21,23). The van der Waals surface area contributed by atoms with Crippen LogP contribution in [0.1, 0.15) is 16.7 Å². The first-order valence-electron chi connectivity index (χ1n) is 6.98. The number of benzene rings is 2. The second-order valence-electron chi connectivity index (χ2n) is 5.17. The lowest BCUT2D eigenvalue weighted by Crippen LogP contribution is -2.35. The maximum absolute atomic E-state index is 13.5. The van der Waals surface area contributed by atoms with E-state index in [0.29, 0.717) is 16.3 Å². The highest BCUT2D eigenvalue weighted by atomic mass is 35.5. The molecular formula is C17H16ClFN2O2. The molecule has 6 heteroatoms. The minimum absolute atomic E-state index is 0.0699. The molecule has 0 fully saturated rings. The SMILES string of the molecule is Cc1cc(C)c(NC(=O)C(=O)NCc2ccccc2F)c(Cl)c1. The van der Waals surface area contributed by atoms with Gasteiger partial charge in [-0.15, -0.1) is 0 Å². The molecule has 0 radical (unpaired) electrons. The van der Waals surface area contributed by atoms with Gasteiger partial charge in [0, 0.05) is 12.1 Å². The summed E-state index contributed by atoms with van der Waals surface area (Å²) >= 11 is 6.08. The van der Waals surface area contributed by atoms with Crippen LogP contribution in [0.15, 0.2) is 36.4 Å². The number of carbonyl (C=O) groups is 2. The van der Waals surface area contributed by atoms with E-state index in [1.807, 2.05) is 13.0 Å². The molecule has 0 aliphatic heterocycles. The lowest BCUT2D eigenvalue weighted by Gasteiger charge is -2.11. The summed E-state index contributed by atoms with van der Waals surface area (Å²) in [5, 5.41) is 5.21. The van der Waals surface area contributed by atoms with Crippen LogP contribution in [-0.2, 0) is 16.1 Å². The van der Waals surface area contributed by atoms with Crippen molar-refractivity contribution in [3.05, 3.63) is 63.9 Å². The van der Waals surface area contributed by atoms with Crippen molar-refractivity contribution < 1.29 is 14.0 Å². The van der Waals surface area contributed by atoms with Gasteiger partial charge in [0.05, 0.1) is 10.7 Å². The molecule has 0 unspecified atom stereocenters. The molecule has 4 nitrogen and oxygen atoms in total. The van der Waals surface area contributed by atoms with E-state index in [1.165, 1.54) is 12.1 Å². The summed E-state index contributed by atoms with van der Waals surface area (Å²) in [5.41, 5.74) is 2.40. The normalized spacial score (nSPS) is 10.3. The number of amides is 2. The molecule has 0 aromatic heterocycles. The largest absolute Gasteiger partial charge is 0.344 e. The van der Waals surface area contributed by atoms with Gasteiger partial charge in [-0.25, -0.2) is 4.39 Å². The van der Waals surface area contributed by atoms with Crippen LogP contribution in [0.25, 0.3) is 0 Å². The third-order valence-electron chi connectivity index (χ3n) is 3.27. The molecule has 2 amide bonds. The summed E-state index contributed by atoms with van der Waals surface area (Å²) in [4.78, 5) is 23.8. The van der Waals surface area contributed by atoms with E-state index in [0.717, 1.165) is 11.1 Å². The zero-order valence-corrected chi connectivity index (χ0v) is 13.5. The van der Waals surface area contributed by atoms with Crippen LogP contribution in [0.5, 0.6) is 0 Å². The van der Waals surface area contributed by atoms with E-state index in [9.17, 15) is 14.0 Å². The van der Waals surface area contributed by atoms with E-state index >= 15 is 0 Å². The van der Waals surface area contributed by atoms with Crippen molar-refractivity contribution in [1.82, 2.24) is 5.32 Å². The highest BCUT2D eigenvalue weighted by Crippen LogP contribution is 2.27. The fourth-order valence-corrected chi connectivity index (χ4v) is 2.51. The van der Waals surface area contributed by atoms with Crippen molar-refractivity contribution in [2.24, 2.45) is 0 Å². The maximum atomic E-state index is 13.5. The molecule has 2 rings (SSSR count). The molecule has 0 saturated carbocycles. The van der Waals surface area contributed by atoms with Gasteiger partial charge in [-0.2, -0.15) is 0 Å². The summed E-state index contributed by atoms with van der Waals surface area (Å²) < 4.78 is 13.5. The second kappa shape index (κ2) is 7.24. The topological polar surface area (TPSA) is 58.2 Å². The Balaban J connectivity index is 2.01. The van der Waals surface area contributed by atoms with E-state index in [2.05, 4.69) is 10.6 Å². The molecule has 2 aromatic carbocycles. The number of halogens is 2. The zero-order valence-electron chi connectivity index (χ0n) is 12.7. The Morgan fingerprint density at radius 1 is 1.13 bits per heavy atom. The number of rotatable bonds is 3. The summed E-state index contributed by atoms with van der Waals surface area (Å²) in [5.74, 6) is -2.15. The molecule has 2 N–H and O–H groups in total. The van der Waals surface area contributed by atoms with Gasteiger partial charge in [0.1, 0.15) is 5.82 Å². The number of nitrogens with one attached hydrogen (secondary N) is 2. The highest BCUT2D eigenvalue weighted by Gasteiger charge is 2.17. The molecule has 0 atom stereocenters. The van der Waals surface area contributed by atoms with E-state index < -0.39 is 17.6 Å². The smallest absolute Gasteiger partial charge is 0.313 e. The number of hydrogen-bond donors (Lipinski definition) is 2. The van der Waals surface area contributed by atoms with Crippen molar-refractivity contribution >= 4 is 29.1 Å². The summed E-state index contributed by atoms with van der Waals surface area (Å²) in [6.45, 7) is 3.59. The van der Waals surface area contributed by atoms with Crippen molar-refractivity contribution in [2.45, 2.75) is 20.4 Å². The first kappa shape index (κ1) is 17.0. The summed E-state index contributed by atoms with van der Waals surface area (Å²) in [6.07, 6.45) is 0. The van der Waals surface area contributed by atoms with Crippen LogP contribution in [0, 0.1) is 19.7 Å². The van der Waals surface area contributed by atoms with E-state index in [4.69, 9.17) is 11.6 Å². The fourth-order valence-electron chi connectivity index (χ4n) is 2.14. The Morgan fingerprint density at radius 3 is 2.48 bits per heavy atom. The molecule has 23 heavy (non-hydrogen) atoms. The molecule has 0 spiro atoms. The Kier molecular flexibility index (Phi) is 5.34. The first-order chi connectivity index (χ1) is 10.9. The van der Waals surface area contributed by atoms with Crippen LogP contribution in [0.4, 0.5) is 10.1 Å². The van der Waals surface area contributed by atoms with Gasteiger partial charge in [-0.1, -0.05) is 35.9 Å². The maximum Gasteiger partial charge on any atom is 0.313 e. The number of hydrogen-bond acceptors (Lipinski definition) is 2. The fraction of sp³-hybridized carbons (Fsp3) is 0.176. The molecule has 120 valence electrons. The van der Waals surface area contributed by atoms with Gasteiger partial charge in [-0.05, 0) is 37.1 Å². The van der Waals surface area contributed by atoms with Crippen LogP contribution >= 0.6 is 11.6 Å². The minimum atomic E-state index is -0.857. The Hall–Kier alpha value is -2.40. The zero-order chi connectivity index (χ0) is 17.0. The number of anilines is 1. The average molecular weight is 335 g/mol. The van der Waals surface area contributed by atoms with Crippen molar-refractivity contribution in [3.63, 3.8) is 0 Å². The van der Waals surface area contributed by atoms with Gasteiger partial charge < -0.3 is 10.6 Å². The van der Waals surface area contributed by atoms with Crippen molar-refractivity contribution in [1.29, 1.82) is 0 Å². The van der Waals surface area contributed by atoms with Crippen LogP contribution in [-0.4, -0.2) is 11.8 Å². The Bertz CT molecular complexity index is 739. The third-order valence-corrected chi connectivity index (χ3v) is 3.57. The molecule has 0 aliphatic rings. The predicted molar refractivity (Wildman–Crippen MR) is 87.8 cm³/mol. The molecule has 2 aromatic rings. The lowest BCUT2D eigenvalue weighted by atomic mass is 10.1. The lowest BCUT2D eigenvalue weighted by molar-refractivity contribution is -0.136. The highest BCUT2D eigenvalue weighted by molar-refractivity contribution is 6.41. The monoisotopic (exact) mass is 334 g/mol. The van der Waals surface area contributed by atoms with Gasteiger partial charge in [0.2, 0.25) is 0 Å². The molecular weight excluding hydrogens is 319 g/mol. The van der Waals surface area contributed by atoms with E-state index in [-0.39, 0.29) is 6.54 Å². The third kappa shape index (κ3) is 4.29. The summed E-state index contributed by atoms with van der Waals surface area (Å²) in [6, 6.07) is 9.57. The second-order valence-corrected chi connectivity index (χ2v) is 5.57. The number of aryl methyl sites for hydroxylation is 2. The summed E-state index contributed by atoms with van der Waals surface area (Å²) in [7, 11) is 0. The molecule has 0 saturated heterocycles. The van der Waals surface area contributed by atoms with Crippen molar-refractivity contribution in [3.8, 4) is 0 Å².